The molecule has 0 aliphatic heterocycles. The largest absolute Gasteiger partial charge is 0.344 e. The molecule has 0 radical (unpaired) electrons. The van der Waals surface area contributed by atoms with E-state index in [4.69, 9.17) is 23.8 Å². The average Bonchev–Trinajstić information content (AvgIpc) is 3.14. The minimum atomic E-state index is 0.729. The molecule has 3 nitrogen and oxygen atoms in total. The molecule has 0 atom stereocenters. The maximum Gasteiger partial charge on any atom is 0.173 e. The number of benzene rings is 1. The molecule has 0 spiro atoms. The number of thiocarbonyl (C=S) groups is 1. The Morgan fingerprint density at radius 1 is 1.12 bits per heavy atom. The predicted molar refractivity (Wildman–Crippen MR) is 119 cm³/mol. The number of rotatable bonds is 10. The van der Waals surface area contributed by atoms with Crippen molar-refractivity contribution in [2.45, 2.75) is 32.7 Å². The Kier molecular flexibility index (Phi) is 9.40. The predicted octanol–water partition coefficient (Wildman–Crippen LogP) is 5.72. The lowest BCUT2D eigenvalue weighted by molar-refractivity contribution is 0.300. The van der Waals surface area contributed by atoms with Crippen LogP contribution in [0.4, 0.5) is 5.69 Å². The highest BCUT2D eigenvalue weighted by molar-refractivity contribution is 7.80. The van der Waals surface area contributed by atoms with E-state index in [-0.39, 0.29) is 0 Å². The van der Waals surface area contributed by atoms with Crippen molar-refractivity contribution in [3.05, 3.63) is 51.7 Å². The van der Waals surface area contributed by atoms with Crippen LogP contribution in [0.5, 0.6) is 0 Å². The minimum Gasteiger partial charge on any atom is -0.344 e. The van der Waals surface area contributed by atoms with Crippen LogP contribution in [0.15, 0.2) is 41.8 Å². The monoisotopic (exact) mass is 409 g/mol. The summed E-state index contributed by atoms with van der Waals surface area (Å²) in [7, 11) is 2.20. The van der Waals surface area contributed by atoms with E-state index >= 15 is 0 Å². The van der Waals surface area contributed by atoms with Crippen molar-refractivity contribution in [2.75, 3.05) is 32.0 Å². The summed E-state index contributed by atoms with van der Waals surface area (Å²) in [6, 6.07) is 11.9. The first-order valence-corrected chi connectivity index (χ1v) is 10.8. The number of unbranched alkanes of at least 4 members (excludes halogenated alkanes) is 1. The zero-order chi connectivity index (χ0) is 18.8. The lowest BCUT2D eigenvalue weighted by atomic mass is 10.3. The first kappa shape index (κ1) is 21.2. The fraction of sp³-hybridized carbons (Fsp3) is 0.450. The molecule has 1 aromatic heterocycles. The van der Waals surface area contributed by atoms with Gasteiger partial charge in [0.15, 0.2) is 5.11 Å². The number of thiophene rings is 1. The summed E-state index contributed by atoms with van der Waals surface area (Å²) in [5.41, 5.74) is 0.968. The molecule has 0 unspecified atom stereocenters. The molecule has 2 aromatic rings. The second-order valence-electron chi connectivity index (χ2n) is 6.45. The molecule has 2 rings (SSSR count). The van der Waals surface area contributed by atoms with Crippen molar-refractivity contribution in [2.24, 2.45) is 0 Å². The van der Waals surface area contributed by atoms with Crippen LogP contribution in [0.1, 0.15) is 31.1 Å². The number of nitrogens with one attached hydrogen (secondary N) is 1. The van der Waals surface area contributed by atoms with Crippen molar-refractivity contribution in [1.29, 1.82) is 0 Å². The van der Waals surface area contributed by atoms with E-state index in [0.717, 1.165) is 48.4 Å². The van der Waals surface area contributed by atoms with Gasteiger partial charge < -0.3 is 15.1 Å². The number of hydrogen-bond donors (Lipinski definition) is 1. The number of anilines is 1. The SMILES string of the molecule is CCCCN(C)CCCN(Cc1cccs1)C(=S)Nc1ccc(Cl)cc1. The third-order valence-electron chi connectivity index (χ3n) is 4.17. The second-order valence-corrected chi connectivity index (χ2v) is 8.30. The zero-order valence-electron chi connectivity index (χ0n) is 15.6. The Morgan fingerprint density at radius 3 is 2.50 bits per heavy atom. The molecule has 0 bridgehead atoms. The van der Waals surface area contributed by atoms with E-state index in [1.54, 1.807) is 11.3 Å². The van der Waals surface area contributed by atoms with Gasteiger partial charge in [0.1, 0.15) is 0 Å². The van der Waals surface area contributed by atoms with Gasteiger partial charge in [-0.2, -0.15) is 0 Å². The lowest BCUT2D eigenvalue weighted by Gasteiger charge is -2.26. The van der Waals surface area contributed by atoms with Gasteiger partial charge in [0.25, 0.3) is 0 Å². The van der Waals surface area contributed by atoms with Crippen LogP contribution in [0, 0.1) is 0 Å². The maximum atomic E-state index is 5.97. The van der Waals surface area contributed by atoms with Crippen molar-refractivity contribution < 1.29 is 0 Å². The smallest absolute Gasteiger partial charge is 0.173 e. The number of halogens is 1. The minimum absolute atomic E-state index is 0.729. The van der Waals surface area contributed by atoms with Crippen LogP contribution in [-0.2, 0) is 6.54 Å². The molecule has 0 saturated carbocycles. The molecular formula is C20H28ClN3S2. The molecule has 0 aliphatic rings. The molecule has 1 aromatic carbocycles. The standard InChI is InChI=1S/C20H28ClN3S2/c1-3-4-12-23(2)13-6-14-24(16-19-7-5-15-26-19)20(25)22-18-10-8-17(21)9-11-18/h5,7-11,15H,3-4,6,12-14,16H2,1-2H3,(H,22,25). The van der Waals surface area contributed by atoms with Gasteiger partial charge in [-0.05, 0) is 80.9 Å². The number of nitrogens with zero attached hydrogens (tertiary/aromatic N) is 2. The first-order chi connectivity index (χ1) is 12.6. The molecule has 6 heteroatoms. The quantitative estimate of drug-likeness (QED) is 0.505. The van der Waals surface area contributed by atoms with Crippen molar-refractivity contribution in [3.63, 3.8) is 0 Å². The normalized spacial score (nSPS) is 10.9. The van der Waals surface area contributed by atoms with E-state index in [1.165, 1.54) is 17.7 Å². The molecule has 0 fully saturated rings. The molecule has 0 saturated heterocycles. The van der Waals surface area contributed by atoms with Gasteiger partial charge >= 0.3 is 0 Å². The van der Waals surface area contributed by atoms with Crippen LogP contribution in [0.2, 0.25) is 5.02 Å². The summed E-state index contributed by atoms with van der Waals surface area (Å²) in [5.74, 6) is 0. The Balaban J connectivity index is 1.91. The van der Waals surface area contributed by atoms with Crippen LogP contribution in [0.3, 0.4) is 0 Å². The van der Waals surface area contributed by atoms with Crippen LogP contribution in [0.25, 0.3) is 0 Å². The van der Waals surface area contributed by atoms with Crippen molar-refractivity contribution >= 4 is 46.0 Å². The van der Waals surface area contributed by atoms with Gasteiger partial charge in [-0.15, -0.1) is 11.3 Å². The van der Waals surface area contributed by atoms with E-state index in [2.05, 4.69) is 46.6 Å². The van der Waals surface area contributed by atoms with Gasteiger partial charge in [-0.25, -0.2) is 0 Å². The maximum absolute atomic E-state index is 5.97. The fourth-order valence-electron chi connectivity index (χ4n) is 2.65. The average molecular weight is 410 g/mol. The van der Waals surface area contributed by atoms with Crippen LogP contribution >= 0.6 is 35.2 Å². The third-order valence-corrected chi connectivity index (χ3v) is 5.64. The van der Waals surface area contributed by atoms with Crippen LogP contribution < -0.4 is 5.32 Å². The Bertz CT molecular complexity index is 644. The van der Waals surface area contributed by atoms with E-state index < -0.39 is 0 Å². The topological polar surface area (TPSA) is 18.5 Å². The zero-order valence-corrected chi connectivity index (χ0v) is 18.0. The Morgan fingerprint density at radius 2 is 1.85 bits per heavy atom. The summed E-state index contributed by atoms with van der Waals surface area (Å²) in [4.78, 5) is 5.98. The highest BCUT2D eigenvalue weighted by Crippen LogP contribution is 2.16. The van der Waals surface area contributed by atoms with E-state index in [9.17, 15) is 0 Å². The van der Waals surface area contributed by atoms with Gasteiger partial charge in [-0.3, -0.25) is 0 Å². The van der Waals surface area contributed by atoms with Crippen molar-refractivity contribution in [3.8, 4) is 0 Å². The van der Waals surface area contributed by atoms with E-state index in [0.29, 0.717) is 0 Å². The summed E-state index contributed by atoms with van der Waals surface area (Å²) in [5, 5.41) is 6.95. The molecule has 0 aliphatic carbocycles. The van der Waals surface area contributed by atoms with Gasteiger partial charge in [0.05, 0.1) is 6.54 Å². The van der Waals surface area contributed by atoms with Crippen molar-refractivity contribution in [1.82, 2.24) is 9.80 Å². The summed E-state index contributed by atoms with van der Waals surface area (Å²) < 4.78 is 0. The third kappa shape index (κ3) is 7.62. The molecule has 0 amide bonds. The fourth-order valence-corrected chi connectivity index (χ4v) is 3.77. The molecule has 1 heterocycles. The molecule has 142 valence electrons. The first-order valence-electron chi connectivity index (χ1n) is 9.11. The second kappa shape index (κ2) is 11.5. The lowest BCUT2D eigenvalue weighted by Crippen LogP contribution is -2.36. The molecule has 1 N–H and O–H groups in total. The Labute approximate surface area is 172 Å². The highest BCUT2D eigenvalue weighted by atomic mass is 35.5. The van der Waals surface area contributed by atoms with Crippen LogP contribution in [-0.4, -0.2) is 41.6 Å². The summed E-state index contributed by atoms with van der Waals surface area (Å²) in [6.45, 7) is 6.26. The van der Waals surface area contributed by atoms with Gasteiger partial charge in [0.2, 0.25) is 0 Å². The Hall–Kier alpha value is -1.14. The highest BCUT2D eigenvalue weighted by Gasteiger charge is 2.12. The van der Waals surface area contributed by atoms with E-state index in [1.807, 2.05) is 24.3 Å². The van der Waals surface area contributed by atoms with Gasteiger partial charge in [-0.1, -0.05) is 31.0 Å². The molecular weight excluding hydrogens is 382 g/mol. The summed E-state index contributed by atoms with van der Waals surface area (Å²) in [6.07, 6.45) is 3.59. The number of hydrogen-bond acceptors (Lipinski definition) is 3. The van der Waals surface area contributed by atoms with Gasteiger partial charge in [0, 0.05) is 22.1 Å². The summed E-state index contributed by atoms with van der Waals surface area (Å²) >= 11 is 13.4. The molecule has 26 heavy (non-hydrogen) atoms.